The first-order valence-corrected chi connectivity index (χ1v) is 8.75. The Morgan fingerprint density at radius 3 is 2.05 bits per heavy atom. The van der Waals surface area contributed by atoms with E-state index in [1.54, 1.807) is 12.1 Å². The van der Waals surface area contributed by atoms with Crippen LogP contribution in [0.1, 0.15) is 39.2 Å². The number of hydrogen-bond acceptors (Lipinski definition) is 3. The van der Waals surface area contributed by atoms with E-state index in [9.17, 15) is 13.2 Å². The highest BCUT2D eigenvalue weighted by Gasteiger charge is 2.29. The van der Waals surface area contributed by atoms with E-state index in [0.717, 1.165) is 11.8 Å². The molecule has 0 amide bonds. The van der Waals surface area contributed by atoms with Crippen LogP contribution >= 0.6 is 0 Å². The van der Waals surface area contributed by atoms with E-state index in [1.165, 1.54) is 4.31 Å². The maximum atomic E-state index is 12.6. The van der Waals surface area contributed by atoms with Gasteiger partial charge in [-0.1, -0.05) is 32.9 Å². The van der Waals surface area contributed by atoms with Crippen molar-refractivity contribution < 1.29 is 13.2 Å². The maximum absolute atomic E-state index is 12.6. The van der Waals surface area contributed by atoms with Gasteiger partial charge in [0.25, 0.3) is 0 Å². The van der Waals surface area contributed by atoms with Crippen molar-refractivity contribution in [1.29, 1.82) is 0 Å². The van der Waals surface area contributed by atoms with Crippen molar-refractivity contribution in [2.75, 3.05) is 13.1 Å². The molecule has 0 radical (unpaired) electrons. The van der Waals surface area contributed by atoms with Crippen molar-refractivity contribution in [3.8, 4) is 0 Å². The number of aldehydes is 1. The molecule has 0 aromatic heterocycles. The molecule has 5 heteroatoms. The van der Waals surface area contributed by atoms with Gasteiger partial charge < -0.3 is 4.79 Å². The molecule has 21 heavy (non-hydrogen) atoms. The van der Waals surface area contributed by atoms with Gasteiger partial charge in [-0.15, -0.1) is 0 Å². The van der Waals surface area contributed by atoms with Crippen LogP contribution in [-0.4, -0.2) is 32.1 Å². The van der Waals surface area contributed by atoms with Gasteiger partial charge in [-0.3, -0.25) is 0 Å². The molecule has 0 atom stereocenters. The normalized spacial score (nSPS) is 18.6. The number of piperidine rings is 1. The third-order valence-electron chi connectivity index (χ3n) is 4.05. The summed E-state index contributed by atoms with van der Waals surface area (Å²) in [6.45, 7) is 7.14. The Bertz CT molecular complexity index is 591. The van der Waals surface area contributed by atoms with Crippen molar-refractivity contribution in [2.45, 2.75) is 43.9 Å². The molecule has 1 heterocycles. The van der Waals surface area contributed by atoms with Gasteiger partial charge in [-0.05, 0) is 36.0 Å². The van der Waals surface area contributed by atoms with Crippen molar-refractivity contribution in [3.63, 3.8) is 0 Å². The van der Waals surface area contributed by atoms with Crippen LogP contribution in [-0.2, 0) is 20.2 Å². The first-order valence-electron chi connectivity index (χ1n) is 7.31. The maximum Gasteiger partial charge on any atom is 0.243 e. The number of benzene rings is 1. The smallest absolute Gasteiger partial charge is 0.243 e. The van der Waals surface area contributed by atoms with E-state index < -0.39 is 10.0 Å². The second-order valence-electron chi connectivity index (χ2n) is 6.65. The standard InChI is InChI=1S/C16H23NO3S/c1-16(2,3)14-4-6-15(7-5-14)21(19,20)17-10-8-13(12-18)9-11-17/h4-7,12-13H,8-11H2,1-3H3. The number of carbonyl (C=O) groups is 1. The predicted molar refractivity (Wildman–Crippen MR) is 82.7 cm³/mol. The molecule has 0 bridgehead atoms. The number of hydrogen-bond donors (Lipinski definition) is 0. The van der Waals surface area contributed by atoms with Crippen LogP contribution in [0, 0.1) is 5.92 Å². The Kier molecular flexibility index (Phi) is 4.54. The van der Waals surface area contributed by atoms with Crippen LogP contribution < -0.4 is 0 Å². The van der Waals surface area contributed by atoms with Crippen molar-refractivity contribution in [2.24, 2.45) is 5.92 Å². The van der Waals surface area contributed by atoms with Crippen LogP contribution in [0.3, 0.4) is 0 Å². The third kappa shape index (κ3) is 3.52. The lowest BCUT2D eigenvalue weighted by atomic mass is 9.87. The van der Waals surface area contributed by atoms with Crippen LogP contribution in [0.25, 0.3) is 0 Å². The highest BCUT2D eigenvalue weighted by molar-refractivity contribution is 7.89. The largest absolute Gasteiger partial charge is 0.303 e. The average Bonchev–Trinajstić information content (AvgIpc) is 2.46. The SMILES string of the molecule is CC(C)(C)c1ccc(S(=O)(=O)N2CCC(C=O)CC2)cc1. The van der Waals surface area contributed by atoms with Crippen LogP contribution in [0.4, 0.5) is 0 Å². The van der Waals surface area contributed by atoms with Gasteiger partial charge in [-0.2, -0.15) is 4.31 Å². The van der Waals surface area contributed by atoms with Gasteiger partial charge in [0.2, 0.25) is 10.0 Å². The Hall–Kier alpha value is -1.20. The molecule has 1 aromatic carbocycles. The van der Waals surface area contributed by atoms with Crippen molar-refractivity contribution in [1.82, 2.24) is 4.31 Å². The predicted octanol–water partition coefficient (Wildman–Crippen LogP) is 2.58. The van der Waals surface area contributed by atoms with E-state index >= 15 is 0 Å². The molecule has 2 rings (SSSR count). The lowest BCUT2D eigenvalue weighted by Crippen LogP contribution is -2.38. The number of nitrogens with zero attached hydrogens (tertiary/aromatic N) is 1. The summed E-state index contributed by atoms with van der Waals surface area (Å²) >= 11 is 0. The molecule has 1 aliphatic rings. The molecule has 116 valence electrons. The average molecular weight is 309 g/mol. The minimum absolute atomic E-state index is 0.000262. The summed E-state index contributed by atoms with van der Waals surface area (Å²) in [6, 6.07) is 7.12. The number of rotatable bonds is 3. The molecule has 4 nitrogen and oxygen atoms in total. The molecule has 1 aromatic rings. The van der Waals surface area contributed by atoms with Gasteiger partial charge in [0.15, 0.2) is 0 Å². The zero-order valence-electron chi connectivity index (χ0n) is 12.9. The summed E-state index contributed by atoms with van der Waals surface area (Å²) in [6.07, 6.45) is 2.16. The molecule has 1 aliphatic heterocycles. The summed E-state index contributed by atoms with van der Waals surface area (Å²) < 4.78 is 26.6. The Morgan fingerprint density at radius 2 is 1.62 bits per heavy atom. The van der Waals surface area contributed by atoms with Gasteiger partial charge in [-0.25, -0.2) is 8.42 Å². The fourth-order valence-electron chi connectivity index (χ4n) is 2.53. The molecule has 0 spiro atoms. The minimum Gasteiger partial charge on any atom is -0.303 e. The Balaban J connectivity index is 2.18. The van der Waals surface area contributed by atoms with Crippen molar-refractivity contribution in [3.05, 3.63) is 29.8 Å². The zero-order chi connectivity index (χ0) is 15.7. The van der Waals surface area contributed by atoms with E-state index in [0.29, 0.717) is 30.8 Å². The molecule has 1 fully saturated rings. The second kappa shape index (κ2) is 5.89. The topological polar surface area (TPSA) is 54.5 Å². The molecule has 1 saturated heterocycles. The van der Waals surface area contributed by atoms with Crippen LogP contribution in [0.2, 0.25) is 0 Å². The summed E-state index contributed by atoms with van der Waals surface area (Å²) in [4.78, 5) is 11.1. The molecule has 0 unspecified atom stereocenters. The summed E-state index contributed by atoms with van der Waals surface area (Å²) in [5, 5.41) is 0. The van der Waals surface area contributed by atoms with Gasteiger partial charge >= 0.3 is 0 Å². The third-order valence-corrected chi connectivity index (χ3v) is 5.96. The highest BCUT2D eigenvalue weighted by atomic mass is 32.2. The van der Waals surface area contributed by atoms with Gasteiger partial charge in [0, 0.05) is 19.0 Å². The second-order valence-corrected chi connectivity index (χ2v) is 8.59. The van der Waals surface area contributed by atoms with Crippen molar-refractivity contribution >= 4 is 16.3 Å². The summed E-state index contributed by atoms with van der Waals surface area (Å²) in [7, 11) is -3.44. The zero-order valence-corrected chi connectivity index (χ0v) is 13.7. The number of sulfonamides is 1. The molecular formula is C16H23NO3S. The first-order chi connectivity index (χ1) is 9.75. The monoisotopic (exact) mass is 309 g/mol. The van der Waals surface area contributed by atoms with Gasteiger partial charge in [0.1, 0.15) is 6.29 Å². The molecule has 0 N–H and O–H groups in total. The Morgan fingerprint density at radius 1 is 1.10 bits per heavy atom. The van der Waals surface area contributed by atoms with Gasteiger partial charge in [0.05, 0.1) is 4.90 Å². The molecule has 0 saturated carbocycles. The van der Waals surface area contributed by atoms with E-state index in [2.05, 4.69) is 20.8 Å². The molecule has 0 aliphatic carbocycles. The lowest BCUT2D eigenvalue weighted by Gasteiger charge is -2.29. The fourth-order valence-corrected chi connectivity index (χ4v) is 4.00. The Labute approximate surface area is 127 Å². The number of carbonyl (C=O) groups excluding carboxylic acids is 1. The van der Waals surface area contributed by atoms with E-state index in [-0.39, 0.29) is 11.3 Å². The van der Waals surface area contributed by atoms with E-state index in [1.807, 2.05) is 12.1 Å². The quantitative estimate of drug-likeness (QED) is 0.806. The highest BCUT2D eigenvalue weighted by Crippen LogP contribution is 2.26. The fraction of sp³-hybridized carbons (Fsp3) is 0.562. The first kappa shape index (κ1) is 16.2. The minimum atomic E-state index is -3.44. The lowest BCUT2D eigenvalue weighted by molar-refractivity contribution is -0.112. The molecular weight excluding hydrogens is 286 g/mol. The summed E-state index contributed by atoms with van der Waals surface area (Å²) in [5.74, 6) is -0.000262. The van der Waals surface area contributed by atoms with E-state index in [4.69, 9.17) is 0 Å². The van der Waals surface area contributed by atoms with Crippen LogP contribution in [0.5, 0.6) is 0 Å². The summed E-state index contributed by atoms with van der Waals surface area (Å²) in [5.41, 5.74) is 1.12. The van der Waals surface area contributed by atoms with Crippen LogP contribution in [0.15, 0.2) is 29.2 Å².